The van der Waals surface area contributed by atoms with Gasteiger partial charge in [0.05, 0.1) is 0 Å². The van der Waals surface area contributed by atoms with Gasteiger partial charge in [0.25, 0.3) is 0 Å². The van der Waals surface area contributed by atoms with Crippen LogP contribution in [0.4, 0.5) is 0 Å². The van der Waals surface area contributed by atoms with E-state index in [1.807, 2.05) is 0 Å². The van der Waals surface area contributed by atoms with Crippen molar-refractivity contribution in [1.82, 2.24) is 10.2 Å². The van der Waals surface area contributed by atoms with Crippen molar-refractivity contribution in [3.63, 3.8) is 0 Å². The molecule has 0 aromatic heterocycles. The monoisotopic (exact) mass is 260 g/mol. The molecule has 1 aromatic carbocycles. The molecule has 19 heavy (non-hydrogen) atoms. The summed E-state index contributed by atoms with van der Waals surface area (Å²) in [7, 11) is 2.06. The summed E-state index contributed by atoms with van der Waals surface area (Å²) >= 11 is 0. The van der Waals surface area contributed by atoms with Crippen molar-refractivity contribution < 1.29 is 0 Å². The van der Waals surface area contributed by atoms with E-state index < -0.39 is 0 Å². The molecule has 0 aliphatic carbocycles. The second-order valence-corrected chi connectivity index (χ2v) is 6.00. The van der Waals surface area contributed by atoms with E-state index in [9.17, 15) is 0 Å². The lowest BCUT2D eigenvalue weighted by Gasteiger charge is -2.28. The zero-order chi connectivity index (χ0) is 13.8. The second kappa shape index (κ2) is 6.53. The van der Waals surface area contributed by atoms with Crippen LogP contribution in [0.25, 0.3) is 0 Å². The fourth-order valence-corrected chi connectivity index (χ4v) is 3.32. The molecule has 1 aliphatic heterocycles. The van der Waals surface area contributed by atoms with Gasteiger partial charge in [-0.2, -0.15) is 0 Å². The van der Waals surface area contributed by atoms with Crippen LogP contribution in [0.5, 0.6) is 0 Å². The first-order valence-electron chi connectivity index (χ1n) is 7.65. The van der Waals surface area contributed by atoms with Crippen LogP contribution in [0.15, 0.2) is 24.3 Å². The molecule has 2 atom stereocenters. The molecule has 1 heterocycles. The van der Waals surface area contributed by atoms with Gasteiger partial charge in [-0.05, 0) is 56.1 Å². The molecule has 0 radical (unpaired) electrons. The molecule has 1 aliphatic rings. The minimum Gasteiger partial charge on any atom is -0.319 e. The lowest BCUT2D eigenvalue weighted by atomic mass is 9.91. The highest BCUT2D eigenvalue weighted by Crippen LogP contribution is 2.37. The molecule has 0 spiro atoms. The van der Waals surface area contributed by atoms with Crippen LogP contribution in [0, 0.1) is 5.92 Å². The van der Waals surface area contributed by atoms with Gasteiger partial charge >= 0.3 is 0 Å². The van der Waals surface area contributed by atoms with Crippen LogP contribution in [-0.2, 0) is 0 Å². The normalized spacial score (nSPS) is 24.3. The van der Waals surface area contributed by atoms with Crippen LogP contribution in [0.3, 0.4) is 0 Å². The Bertz CT molecular complexity index is 383. The SMILES string of the molecule is CCN1CCC(CNC)C1c1ccc(C(C)C)cc1. The molecule has 2 nitrogen and oxygen atoms in total. The summed E-state index contributed by atoms with van der Waals surface area (Å²) in [6, 6.07) is 9.90. The first-order valence-corrected chi connectivity index (χ1v) is 7.65. The van der Waals surface area contributed by atoms with Crippen LogP contribution in [0.2, 0.25) is 0 Å². The molecule has 2 rings (SSSR count). The fraction of sp³-hybridized carbons (Fsp3) is 0.647. The molecule has 1 N–H and O–H groups in total. The average Bonchev–Trinajstić information content (AvgIpc) is 2.82. The van der Waals surface area contributed by atoms with Crippen molar-refractivity contribution in [2.75, 3.05) is 26.7 Å². The number of hydrogen-bond donors (Lipinski definition) is 1. The van der Waals surface area contributed by atoms with Gasteiger partial charge in [-0.3, -0.25) is 4.90 Å². The second-order valence-electron chi connectivity index (χ2n) is 6.00. The molecule has 106 valence electrons. The van der Waals surface area contributed by atoms with Crippen LogP contribution in [0.1, 0.15) is 50.3 Å². The van der Waals surface area contributed by atoms with Gasteiger partial charge in [-0.25, -0.2) is 0 Å². The molecule has 2 unspecified atom stereocenters. The maximum atomic E-state index is 3.36. The minimum absolute atomic E-state index is 0.596. The molecule has 1 aromatic rings. The predicted molar refractivity (Wildman–Crippen MR) is 82.6 cm³/mol. The third-order valence-electron chi connectivity index (χ3n) is 4.44. The first kappa shape index (κ1) is 14.5. The maximum absolute atomic E-state index is 3.36. The Morgan fingerprint density at radius 2 is 1.95 bits per heavy atom. The van der Waals surface area contributed by atoms with Gasteiger partial charge in [0.1, 0.15) is 0 Å². The Balaban J connectivity index is 2.20. The van der Waals surface area contributed by atoms with E-state index in [0.717, 1.165) is 19.0 Å². The van der Waals surface area contributed by atoms with Gasteiger partial charge in [0.15, 0.2) is 0 Å². The van der Waals surface area contributed by atoms with Crippen LogP contribution < -0.4 is 5.32 Å². The van der Waals surface area contributed by atoms with E-state index in [2.05, 4.69) is 62.3 Å². The topological polar surface area (TPSA) is 15.3 Å². The summed E-state index contributed by atoms with van der Waals surface area (Å²) in [5, 5.41) is 3.36. The molecule has 2 heteroatoms. The largest absolute Gasteiger partial charge is 0.319 e. The molecular formula is C17H28N2. The van der Waals surface area contributed by atoms with Gasteiger partial charge in [-0.1, -0.05) is 45.0 Å². The van der Waals surface area contributed by atoms with Gasteiger partial charge in [0, 0.05) is 6.04 Å². The van der Waals surface area contributed by atoms with Gasteiger partial charge in [0.2, 0.25) is 0 Å². The van der Waals surface area contributed by atoms with E-state index in [1.54, 1.807) is 0 Å². The highest BCUT2D eigenvalue weighted by molar-refractivity contribution is 5.28. The summed E-state index contributed by atoms with van der Waals surface area (Å²) in [5.74, 6) is 1.36. The summed E-state index contributed by atoms with van der Waals surface area (Å²) in [6.07, 6.45) is 1.31. The standard InChI is InChI=1S/C17H28N2/c1-5-19-11-10-16(12-18-4)17(19)15-8-6-14(7-9-15)13(2)3/h6-9,13,16-18H,5,10-12H2,1-4H3. The Kier molecular flexibility index (Phi) is 5.00. The average molecular weight is 260 g/mol. The zero-order valence-corrected chi connectivity index (χ0v) is 12.8. The van der Waals surface area contributed by atoms with E-state index in [1.165, 1.54) is 24.1 Å². The molecular weight excluding hydrogens is 232 g/mol. The molecule has 0 amide bonds. The van der Waals surface area contributed by atoms with Crippen LogP contribution >= 0.6 is 0 Å². The third-order valence-corrected chi connectivity index (χ3v) is 4.44. The van der Waals surface area contributed by atoms with E-state index >= 15 is 0 Å². The van der Waals surface area contributed by atoms with Crippen molar-refractivity contribution in [1.29, 1.82) is 0 Å². The molecule has 0 bridgehead atoms. The molecule has 1 fully saturated rings. The summed E-state index contributed by atoms with van der Waals surface area (Å²) in [5.41, 5.74) is 2.93. The number of rotatable bonds is 5. The molecule has 1 saturated heterocycles. The van der Waals surface area contributed by atoms with Crippen molar-refractivity contribution in [2.24, 2.45) is 5.92 Å². The van der Waals surface area contributed by atoms with Gasteiger partial charge < -0.3 is 5.32 Å². The lowest BCUT2D eigenvalue weighted by Crippen LogP contribution is -2.29. The highest BCUT2D eigenvalue weighted by atomic mass is 15.2. The van der Waals surface area contributed by atoms with Crippen molar-refractivity contribution in [3.05, 3.63) is 35.4 Å². The van der Waals surface area contributed by atoms with E-state index in [0.29, 0.717) is 12.0 Å². The third kappa shape index (κ3) is 3.18. The van der Waals surface area contributed by atoms with Crippen molar-refractivity contribution in [2.45, 2.75) is 39.2 Å². The lowest BCUT2D eigenvalue weighted by molar-refractivity contribution is 0.238. The van der Waals surface area contributed by atoms with E-state index in [-0.39, 0.29) is 0 Å². The van der Waals surface area contributed by atoms with Crippen molar-refractivity contribution >= 4 is 0 Å². The van der Waals surface area contributed by atoms with Crippen LogP contribution in [-0.4, -0.2) is 31.6 Å². The Hall–Kier alpha value is -0.860. The highest BCUT2D eigenvalue weighted by Gasteiger charge is 2.33. The zero-order valence-electron chi connectivity index (χ0n) is 12.8. The summed E-state index contributed by atoms with van der Waals surface area (Å²) in [4.78, 5) is 2.62. The predicted octanol–water partition coefficient (Wildman–Crippen LogP) is 3.41. The quantitative estimate of drug-likeness (QED) is 0.873. The fourth-order valence-electron chi connectivity index (χ4n) is 3.32. The number of likely N-dealkylation sites (tertiary alicyclic amines) is 1. The Labute approximate surface area is 118 Å². The van der Waals surface area contributed by atoms with Gasteiger partial charge in [-0.15, -0.1) is 0 Å². The Morgan fingerprint density at radius 1 is 1.26 bits per heavy atom. The smallest absolute Gasteiger partial charge is 0.0388 e. The number of nitrogens with zero attached hydrogens (tertiary/aromatic N) is 1. The Morgan fingerprint density at radius 3 is 2.47 bits per heavy atom. The first-order chi connectivity index (χ1) is 9.17. The summed E-state index contributed by atoms with van der Waals surface area (Å²) in [6.45, 7) is 10.3. The maximum Gasteiger partial charge on any atom is 0.0388 e. The summed E-state index contributed by atoms with van der Waals surface area (Å²) < 4.78 is 0. The molecule has 0 saturated carbocycles. The van der Waals surface area contributed by atoms with E-state index in [4.69, 9.17) is 0 Å². The minimum atomic E-state index is 0.596. The number of benzene rings is 1. The number of nitrogens with one attached hydrogen (secondary N) is 1. The number of hydrogen-bond acceptors (Lipinski definition) is 2. The van der Waals surface area contributed by atoms with Crippen molar-refractivity contribution in [3.8, 4) is 0 Å².